The van der Waals surface area contributed by atoms with E-state index in [1.54, 1.807) is 6.33 Å². The van der Waals surface area contributed by atoms with E-state index in [-0.39, 0.29) is 12.1 Å². The summed E-state index contributed by atoms with van der Waals surface area (Å²) in [5.41, 5.74) is 0. The van der Waals surface area contributed by atoms with E-state index in [2.05, 4.69) is 14.9 Å². The number of likely N-dealkylation sites (tertiary alicyclic amines) is 2. The number of carbonyl (C=O) groups excluding carboxylic acids is 1. The third-order valence-corrected chi connectivity index (χ3v) is 5.39. The number of piperidine rings is 1. The second-order valence-corrected chi connectivity index (χ2v) is 7.21. The van der Waals surface area contributed by atoms with Crippen LogP contribution >= 0.6 is 0 Å². The Morgan fingerprint density at radius 2 is 1.72 bits per heavy atom. The van der Waals surface area contributed by atoms with Crippen molar-refractivity contribution in [2.24, 2.45) is 0 Å². The van der Waals surface area contributed by atoms with Crippen LogP contribution in [-0.2, 0) is 0 Å². The van der Waals surface area contributed by atoms with E-state index in [9.17, 15) is 4.79 Å². The highest BCUT2D eigenvalue weighted by molar-refractivity contribution is 5.75. The molecule has 0 saturated carbocycles. The molecule has 0 bridgehead atoms. The number of rotatable bonds is 3. The van der Waals surface area contributed by atoms with Gasteiger partial charge in [-0.1, -0.05) is 0 Å². The topological polar surface area (TPSA) is 61.8 Å². The molecule has 25 heavy (non-hydrogen) atoms. The number of amides is 2. The zero-order valence-electron chi connectivity index (χ0n) is 14.8. The summed E-state index contributed by atoms with van der Waals surface area (Å²) in [5, 5.41) is 0. The van der Waals surface area contributed by atoms with Crippen LogP contribution in [0.25, 0.3) is 0 Å². The number of nitrogens with zero attached hydrogens (tertiary/aromatic N) is 5. The molecule has 3 aliphatic heterocycles. The second kappa shape index (κ2) is 7.45. The van der Waals surface area contributed by atoms with Crippen molar-refractivity contribution < 1.29 is 9.53 Å². The van der Waals surface area contributed by atoms with Gasteiger partial charge in [-0.2, -0.15) is 0 Å². The van der Waals surface area contributed by atoms with Crippen LogP contribution in [0.15, 0.2) is 12.4 Å². The Balaban J connectivity index is 1.34. The van der Waals surface area contributed by atoms with Crippen molar-refractivity contribution in [3.63, 3.8) is 0 Å². The summed E-state index contributed by atoms with van der Waals surface area (Å²) < 4.78 is 6.06. The lowest BCUT2D eigenvalue weighted by Crippen LogP contribution is -2.41. The molecule has 0 aromatic carbocycles. The van der Waals surface area contributed by atoms with Crippen molar-refractivity contribution in [3.05, 3.63) is 12.4 Å². The molecular formula is C18H27N5O2. The van der Waals surface area contributed by atoms with Gasteiger partial charge in [-0.25, -0.2) is 14.8 Å². The predicted molar refractivity (Wildman–Crippen MR) is 94.9 cm³/mol. The van der Waals surface area contributed by atoms with Crippen LogP contribution < -0.4 is 9.64 Å². The van der Waals surface area contributed by atoms with Crippen LogP contribution in [-0.4, -0.2) is 71.2 Å². The van der Waals surface area contributed by atoms with E-state index >= 15 is 0 Å². The lowest BCUT2D eigenvalue weighted by atomic mass is 10.1. The minimum Gasteiger partial charge on any atom is -0.472 e. The molecule has 4 heterocycles. The Morgan fingerprint density at radius 3 is 2.52 bits per heavy atom. The zero-order valence-corrected chi connectivity index (χ0v) is 14.8. The Labute approximate surface area is 149 Å². The van der Waals surface area contributed by atoms with E-state index in [4.69, 9.17) is 4.74 Å². The van der Waals surface area contributed by atoms with E-state index in [0.29, 0.717) is 12.4 Å². The summed E-state index contributed by atoms with van der Waals surface area (Å²) in [5.74, 6) is 1.57. The Hall–Kier alpha value is -2.05. The zero-order chi connectivity index (χ0) is 17.1. The standard InChI is InChI=1S/C18H27N5O2/c24-18(22-9-4-5-10-22)23-11-6-15(13-23)25-17-12-16(19-14-20-17)21-7-2-1-3-8-21/h12,14-15H,1-11,13H2. The normalized spacial score (nSPS) is 24.0. The van der Waals surface area contributed by atoms with Gasteiger partial charge in [0.2, 0.25) is 5.88 Å². The molecule has 0 radical (unpaired) electrons. The van der Waals surface area contributed by atoms with Gasteiger partial charge in [0, 0.05) is 45.2 Å². The van der Waals surface area contributed by atoms with Gasteiger partial charge in [0.15, 0.2) is 0 Å². The SMILES string of the molecule is O=C(N1CCCC1)N1CCC(Oc2cc(N3CCCCC3)ncn2)C1. The van der Waals surface area contributed by atoms with Crippen LogP contribution in [0.2, 0.25) is 0 Å². The molecule has 3 saturated heterocycles. The fourth-order valence-electron chi connectivity index (χ4n) is 3.97. The maximum Gasteiger partial charge on any atom is 0.320 e. The first-order valence-corrected chi connectivity index (χ1v) is 9.57. The van der Waals surface area contributed by atoms with Gasteiger partial charge in [-0.15, -0.1) is 0 Å². The fourth-order valence-corrected chi connectivity index (χ4v) is 3.97. The van der Waals surface area contributed by atoms with Crippen LogP contribution in [0.1, 0.15) is 38.5 Å². The molecule has 7 heteroatoms. The lowest BCUT2D eigenvalue weighted by molar-refractivity contribution is 0.159. The molecule has 3 aliphatic rings. The Kier molecular flexibility index (Phi) is 4.90. The summed E-state index contributed by atoms with van der Waals surface area (Å²) in [6.07, 6.45) is 8.46. The largest absolute Gasteiger partial charge is 0.472 e. The monoisotopic (exact) mass is 345 g/mol. The highest BCUT2D eigenvalue weighted by Gasteiger charge is 2.31. The molecule has 2 amide bonds. The minimum atomic E-state index is 0.0238. The van der Waals surface area contributed by atoms with Gasteiger partial charge >= 0.3 is 6.03 Å². The summed E-state index contributed by atoms with van der Waals surface area (Å²) in [6, 6.07) is 2.11. The lowest BCUT2D eigenvalue weighted by Gasteiger charge is -2.27. The molecule has 1 aromatic heterocycles. The average molecular weight is 345 g/mol. The van der Waals surface area contributed by atoms with Crippen LogP contribution in [0.5, 0.6) is 5.88 Å². The van der Waals surface area contributed by atoms with Crippen molar-refractivity contribution in [3.8, 4) is 5.88 Å². The molecule has 0 aliphatic carbocycles. The summed E-state index contributed by atoms with van der Waals surface area (Å²) in [6.45, 7) is 5.32. The quantitative estimate of drug-likeness (QED) is 0.840. The van der Waals surface area contributed by atoms with Crippen molar-refractivity contribution in [2.75, 3.05) is 44.2 Å². The number of urea groups is 1. The number of hydrogen-bond acceptors (Lipinski definition) is 5. The van der Waals surface area contributed by atoms with Gasteiger partial charge in [0.25, 0.3) is 0 Å². The van der Waals surface area contributed by atoms with Crippen LogP contribution in [0.3, 0.4) is 0 Å². The second-order valence-electron chi connectivity index (χ2n) is 7.21. The number of ether oxygens (including phenoxy) is 1. The minimum absolute atomic E-state index is 0.0238. The molecule has 7 nitrogen and oxygen atoms in total. The van der Waals surface area contributed by atoms with Gasteiger partial charge in [-0.05, 0) is 32.1 Å². The molecule has 0 N–H and O–H groups in total. The molecule has 3 fully saturated rings. The summed E-state index contributed by atoms with van der Waals surface area (Å²) in [7, 11) is 0. The maximum atomic E-state index is 12.5. The highest BCUT2D eigenvalue weighted by Crippen LogP contribution is 2.23. The first-order chi connectivity index (χ1) is 12.3. The summed E-state index contributed by atoms with van der Waals surface area (Å²) >= 11 is 0. The van der Waals surface area contributed by atoms with Crippen LogP contribution in [0, 0.1) is 0 Å². The third-order valence-electron chi connectivity index (χ3n) is 5.39. The Bertz CT molecular complexity index is 599. The van der Waals surface area contributed by atoms with Gasteiger partial charge < -0.3 is 19.4 Å². The van der Waals surface area contributed by atoms with Gasteiger partial charge in [-0.3, -0.25) is 0 Å². The maximum absolute atomic E-state index is 12.5. The molecule has 4 rings (SSSR count). The molecule has 1 unspecified atom stereocenters. The van der Waals surface area contributed by atoms with Crippen molar-refractivity contribution >= 4 is 11.8 Å². The molecule has 136 valence electrons. The average Bonchev–Trinajstić information content (AvgIpc) is 3.34. The fraction of sp³-hybridized carbons (Fsp3) is 0.722. The molecule has 0 spiro atoms. The first-order valence-electron chi connectivity index (χ1n) is 9.57. The van der Waals surface area contributed by atoms with E-state index < -0.39 is 0 Å². The first kappa shape index (κ1) is 16.4. The van der Waals surface area contributed by atoms with E-state index in [0.717, 1.165) is 57.8 Å². The van der Waals surface area contributed by atoms with Gasteiger partial charge in [0.05, 0.1) is 6.54 Å². The predicted octanol–water partition coefficient (Wildman–Crippen LogP) is 2.14. The molecular weight excluding hydrogens is 318 g/mol. The highest BCUT2D eigenvalue weighted by atomic mass is 16.5. The van der Waals surface area contributed by atoms with Crippen LogP contribution in [0.4, 0.5) is 10.6 Å². The third kappa shape index (κ3) is 3.80. The smallest absolute Gasteiger partial charge is 0.320 e. The van der Waals surface area contributed by atoms with E-state index in [1.165, 1.54) is 19.3 Å². The molecule has 1 aromatic rings. The van der Waals surface area contributed by atoms with E-state index in [1.807, 2.05) is 15.9 Å². The number of hydrogen-bond donors (Lipinski definition) is 0. The summed E-state index contributed by atoms with van der Waals surface area (Å²) in [4.78, 5) is 27.3. The van der Waals surface area contributed by atoms with Gasteiger partial charge in [0.1, 0.15) is 18.2 Å². The number of aromatic nitrogens is 2. The number of carbonyl (C=O) groups is 1. The number of anilines is 1. The van der Waals surface area contributed by atoms with Crippen molar-refractivity contribution in [1.82, 2.24) is 19.8 Å². The Morgan fingerprint density at radius 1 is 0.960 bits per heavy atom. The molecule has 1 atom stereocenters. The van der Waals surface area contributed by atoms with Crippen molar-refractivity contribution in [2.45, 2.75) is 44.6 Å². The van der Waals surface area contributed by atoms with Crippen molar-refractivity contribution in [1.29, 1.82) is 0 Å².